The van der Waals surface area contributed by atoms with Gasteiger partial charge >= 0.3 is 0 Å². The molecule has 0 aromatic rings. The number of ether oxygens (including phenoxy) is 2. The van der Waals surface area contributed by atoms with Gasteiger partial charge in [-0.05, 0) is 39.5 Å². The van der Waals surface area contributed by atoms with Crippen LogP contribution < -0.4 is 5.73 Å². The van der Waals surface area contributed by atoms with Gasteiger partial charge in [-0.15, -0.1) is 0 Å². The second-order valence-electron chi connectivity index (χ2n) is 5.89. The number of nitrogens with two attached hydrogens (primary N) is 1. The van der Waals surface area contributed by atoms with Crippen LogP contribution in [-0.2, 0) is 9.47 Å². The molecular formula is C14H28N2O2. The van der Waals surface area contributed by atoms with Crippen LogP contribution in [0.5, 0.6) is 0 Å². The number of hydrogen-bond acceptors (Lipinski definition) is 4. The van der Waals surface area contributed by atoms with Gasteiger partial charge < -0.3 is 15.2 Å². The highest BCUT2D eigenvalue weighted by Crippen LogP contribution is 2.29. The van der Waals surface area contributed by atoms with Crippen molar-refractivity contribution in [2.24, 2.45) is 5.73 Å². The average molecular weight is 256 g/mol. The van der Waals surface area contributed by atoms with Crippen molar-refractivity contribution in [1.82, 2.24) is 4.90 Å². The Kier molecular flexibility index (Phi) is 5.01. The van der Waals surface area contributed by atoms with E-state index in [2.05, 4.69) is 18.7 Å². The summed E-state index contributed by atoms with van der Waals surface area (Å²) in [4.78, 5) is 2.62. The number of nitrogens with zero attached hydrogens (tertiary/aromatic N) is 1. The van der Waals surface area contributed by atoms with Gasteiger partial charge in [0.05, 0.1) is 18.3 Å². The quantitative estimate of drug-likeness (QED) is 0.829. The Morgan fingerprint density at radius 3 is 2.44 bits per heavy atom. The van der Waals surface area contributed by atoms with Crippen molar-refractivity contribution in [3.05, 3.63) is 0 Å². The lowest BCUT2D eigenvalue weighted by atomic mass is 9.91. The van der Waals surface area contributed by atoms with E-state index >= 15 is 0 Å². The van der Waals surface area contributed by atoms with Crippen molar-refractivity contribution in [2.45, 2.75) is 69.9 Å². The fraction of sp³-hybridized carbons (Fsp3) is 1.00. The van der Waals surface area contributed by atoms with E-state index in [-0.39, 0.29) is 0 Å². The molecule has 0 aliphatic carbocycles. The molecule has 4 unspecified atom stereocenters. The Morgan fingerprint density at radius 2 is 1.89 bits per heavy atom. The highest BCUT2D eigenvalue weighted by molar-refractivity contribution is 4.90. The molecule has 2 heterocycles. The Morgan fingerprint density at radius 1 is 1.22 bits per heavy atom. The summed E-state index contributed by atoms with van der Waals surface area (Å²) in [5, 5.41) is 0. The molecule has 4 heteroatoms. The zero-order valence-corrected chi connectivity index (χ0v) is 12.0. The maximum absolute atomic E-state index is 5.96. The highest BCUT2D eigenvalue weighted by atomic mass is 16.5. The van der Waals surface area contributed by atoms with Crippen molar-refractivity contribution in [3.8, 4) is 0 Å². The summed E-state index contributed by atoms with van der Waals surface area (Å²) in [7, 11) is 1.81. The Bertz CT molecular complexity index is 252. The largest absolute Gasteiger partial charge is 0.381 e. The summed E-state index contributed by atoms with van der Waals surface area (Å²) in [6.07, 6.45) is 5.62. The zero-order chi connectivity index (χ0) is 13.1. The molecule has 2 rings (SSSR count). The highest BCUT2D eigenvalue weighted by Gasteiger charge is 2.35. The van der Waals surface area contributed by atoms with Crippen LogP contribution in [0.2, 0.25) is 0 Å². The molecule has 18 heavy (non-hydrogen) atoms. The summed E-state index contributed by atoms with van der Waals surface area (Å²) in [5.74, 6) is 0. The SMILES string of the molecule is COC1CCN(C2CC(C)OC(C)C2)C(CN)C1. The van der Waals surface area contributed by atoms with Crippen LogP contribution in [0.3, 0.4) is 0 Å². The molecule has 0 radical (unpaired) electrons. The van der Waals surface area contributed by atoms with E-state index in [0.717, 1.165) is 38.8 Å². The third kappa shape index (κ3) is 3.23. The molecule has 0 spiro atoms. The van der Waals surface area contributed by atoms with Gasteiger partial charge in [0.2, 0.25) is 0 Å². The zero-order valence-electron chi connectivity index (χ0n) is 12.0. The molecule has 2 fully saturated rings. The van der Waals surface area contributed by atoms with Crippen molar-refractivity contribution in [2.75, 3.05) is 20.2 Å². The van der Waals surface area contributed by atoms with E-state index in [4.69, 9.17) is 15.2 Å². The van der Waals surface area contributed by atoms with Crippen LogP contribution in [0, 0.1) is 0 Å². The number of hydrogen-bond donors (Lipinski definition) is 1. The van der Waals surface area contributed by atoms with Crippen molar-refractivity contribution in [3.63, 3.8) is 0 Å². The Hall–Kier alpha value is -0.160. The topological polar surface area (TPSA) is 47.7 Å². The van der Waals surface area contributed by atoms with E-state index in [1.54, 1.807) is 0 Å². The van der Waals surface area contributed by atoms with Crippen LogP contribution in [-0.4, -0.2) is 55.5 Å². The van der Waals surface area contributed by atoms with E-state index in [9.17, 15) is 0 Å². The Balaban J connectivity index is 1.98. The molecule has 0 amide bonds. The van der Waals surface area contributed by atoms with Crippen molar-refractivity contribution in [1.29, 1.82) is 0 Å². The summed E-state index contributed by atoms with van der Waals surface area (Å²) >= 11 is 0. The molecule has 4 nitrogen and oxygen atoms in total. The predicted molar refractivity (Wildman–Crippen MR) is 72.6 cm³/mol. The second kappa shape index (κ2) is 6.33. The summed E-state index contributed by atoms with van der Waals surface area (Å²) in [6, 6.07) is 1.11. The molecule has 2 saturated heterocycles. The monoisotopic (exact) mass is 256 g/mol. The standard InChI is InChI=1S/C14H28N2O2/c1-10-6-12(7-11(2)18-10)16-5-4-14(17-3)8-13(16)9-15/h10-14H,4-9,15H2,1-3H3. The van der Waals surface area contributed by atoms with Gasteiger partial charge in [0.25, 0.3) is 0 Å². The first-order chi connectivity index (χ1) is 8.63. The number of rotatable bonds is 3. The first-order valence-corrected chi connectivity index (χ1v) is 7.28. The van der Waals surface area contributed by atoms with Crippen LogP contribution in [0.15, 0.2) is 0 Å². The van der Waals surface area contributed by atoms with Crippen molar-refractivity contribution < 1.29 is 9.47 Å². The molecule has 2 N–H and O–H groups in total. The fourth-order valence-electron chi connectivity index (χ4n) is 3.60. The van der Waals surface area contributed by atoms with Crippen molar-refractivity contribution >= 4 is 0 Å². The third-order valence-electron chi connectivity index (χ3n) is 4.46. The predicted octanol–water partition coefficient (Wildman–Crippen LogP) is 1.38. The summed E-state index contributed by atoms with van der Waals surface area (Å²) in [6.45, 7) is 6.22. The number of piperidine rings is 1. The molecule has 2 aliphatic heterocycles. The lowest BCUT2D eigenvalue weighted by molar-refractivity contribution is -0.0866. The summed E-state index contributed by atoms with van der Waals surface area (Å²) in [5.41, 5.74) is 5.96. The lowest BCUT2D eigenvalue weighted by Gasteiger charge is -2.46. The van der Waals surface area contributed by atoms with Gasteiger partial charge in [-0.3, -0.25) is 4.90 Å². The van der Waals surface area contributed by atoms with E-state index in [1.165, 1.54) is 0 Å². The maximum Gasteiger partial charge on any atom is 0.0599 e. The van der Waals surface area contributed by atoms with Gasteiger partial charge in [-0.1, -0.05) is 0 Å². The average Bonchev–Trinajstić information content (AvgIpc) is 2.36. The minimum absolute atomic E-state index is 0.373. The first-order valence-electron chi connectivity index (χ1n) is 7.28. The summed E-state index contributed by atoms with van der Waals surface area (Å²) < 4.78 is 11.3. The molecule has 0 saturated carbocycles. The van der Waals surface area contributed by atoms with Gasteiger partial charge in [-0.25, -0.2) is 0 Å². The molecule has 4 atom stereocenters. The van der Waals surface area contributed by atoms with E-state index in [0.29, 0.717) is 30.4 Å². The first kappa shape index (κ1) is 14.3. The van der Waals surface area contributed by atoms with E-state index in [1.807, 2.05) is 7.11 Å². The Labute approximate surface area is 111 Å². The second-order valence-corrected chi connectivity index (χ2v) is 5.89. The van der Waals surface area contributed by atoms with Gasteiger partial charge in [-0.2, -0.15) is 0 Å². The maximum atomic E-state index is 5.96. The molecule has 2 aliphatic rings. The van der Waals surface area contributed by atoms with Crippen LogP contribution >= 0.6 is 0 Å². The minimum Gasteiger partial charge on any atom is -0.381 e. The smallest absolute Gasteiger partial charge is 0.0599 e. The fourth-order valence-corrected chi connectivity index (χ4v) is 3.60. The van der Waals surface area contributed by atoms with E-state index < -0.39 is 0 Å². The van der Waals surface area contributed by atoms with Gasteiger partial charge in [0.1, 0.15) is 0 Å². The van der Waals surface area contributed by atoms with Gasteiger partial charge in [0.15, 0.2) is 0 Å². The molecule has 0 aromatic heterocycles. The van der Waals surface area contributed by atoms with Crippen LogP contribution in [0.1, 0.15) is 39.5 Å². The molecule has 106 valence electrons. The number of methoxy groups -OCH3 is 1. The number of likely N-dealkylation sites (tertiary alicyclic amines) is 1. The van der Waals surface area contributed by atoms with Gasteiger partial charge in [0, 0.05) is 32.3 Å². The van der Waals surface area contributed by atoms with Crippen LogP contribution in [0.4, 0.5) is 0 Å². The normalized spacial score (nSPS) is 43.0. The minimum atomic E-state index is 0.373. The lowest BCUT2D eigenvalue weighted by Crippen LogP contribution is -2.55. The van der Waals surface area contributed by atoms with Crippen LogP contribution in [0.25, 0.3) is 0 Å². The third-order valence-corrected chi connectivity index (χ3v) is 4.46. The molecule has 0 aromatic carbocycles. The molecule has 0 bridgehead atoms. The molecular weight excluding hydrogens is 228 g/mol.